The highest BCUT2D eigenvalue weighted by atomic mass is 16.6. The van der Waals surface area contributed by atoms with Crippen LogP contribution in [0.4, 0.5) is 5.69 Å². The molecule has 0 aliphatic rings. The first-order valence-corrected chi connectivity index (χ1v) is 5.37. The molecule has 0 unspecified atom stereocenters. The third kappa shape index (κ3) is 1.73. The van der Waals surface area contributed by atoms with E-state index in [9.17, 15) is 0 Å². The molecule has 17 heavy (non-hydrogen) atoms. The van der Waals surface area contributed by atoms with E-state index in [1.807, 2.05) is 37.4 Å². The summed E-state index contributed by atoms with van der Waals surface area (Å²) in [6.07, 6.45) is 0. The van der Waals surface area contributed by atoms with Gasteiger partial charge in [0.1, 0.15) is 11.0 Å². The minimum Gasteiger partial charge on any atom is -0.388 e. The molecule has 0 aliphatic heterocycles. The smallest absolute Gasteiger partial charge is 0.135 e. The lowest BCUT2D eigenvalue weighted by molar-refractivity contribution is 0.315. The predicted octanol–water partition coefficient (Wildman–Crippen LogP) is 2.93. The summed E-state index contributed by atoms with van der Waals surface area (Å²) in [5.74, 6) is 0. The molecule has 1 aromatic heterocycles. The van der Waals surface area contributed by atoms with Gasteiger partial charge in [0.2, 0.25) is 0 Å². The van der Waals surface area contributed by atoms with Crippen molar-refractivity contribution in [3.8, 4) is 11.1 Å². The normalized spacial score (nSPS) is 10.6. The maximum absolute atomic E-state index is 4.68. The SMILES string of the molecule is CNc1ccc(-c2ccc3nonc3c2)cc1. The Labute approximate surface area is 98.2 Å². The molecule has 2 aromatic carbocycles. The van der Waals surface area contributed by atoms with Gasteiger partial charge in [-0.05, 0) is 45.7 Å². The van der Waals surface area contributed by atoms with E-state index >= 15 is 0 Å². The highest BCUT2D eigenvalue weighted by molar-refractivity contribution is 5.80. The van der Waals surface area contributed by atoms with Gasteiger partial charge in [0, 0.05) is 12.7 Å². The summed E-state index contributed by atoms with van der Waals surface area (Å²) in [5.41, 5.74) is 4.91. The molecular weight excluding hydrogens is 214 g/mol. The zero-order valence-corrected chi connectivity index (χ0v) is 9.34. The Morgan fingerprint density at radius 3 is 2.35 bits per heavy atom. The first kappa shape index (κ1) is 9.84. The number of hydrogen-bond acceptors (Lipinski definition) is 4. The van der Waals surface area contributed by atoms with Gasteiger partial charge in [-0.3, -0.25) is 0 Å². The number of aromatic nitrogens is 2. The number of benzene rings is 2. The molecule has 0 spiro atoms. The van der Waals surface area contributed by atoms with E-state index in [4.69, 9.17) is 0 Å². The van der Waals surface area contributed by atoms with E-state index in [1.54, 1.807) is 0 Å². The fourth-order valence-electron chi connectivity index (χ4n) is 1.79. The van der Waals surface area contributed by atoms with Crippen LogP contribution in [0.15, 0.2) is 47.1 Å². The average molecular weight is 225 g/mol. The van der Waals surface area contributed by atoms with Gasteiger partial charge in [0.25, 0.3) is 0 Å². The first-order valence-electron chi connectivity index (χ1n) is 5.37. The van der Waals surface area contributed by atoms with Gasteiger partial charge < -0.3 is 5.32 Å². The molecule has 0 aliphatic carbocycles. The maximum Gasteiger partial charge on any atom is 0.135 e. The quantitative estimate of drug-likeness (QED) is 0.728. The van der Waals surface area contributed by atoms with E-state index in [1.165, 1.54) is 0 Å². The zero-order valence-electron chi connectivity index (χ0n) is 9.34. The lowest BCUT2D eigenvalue weighted by Crippen LogP contribution is -1.86. The molecule has 0 saturated carbocycles. The van der Waals surface area contributed by atoms with Gasteiger partial charge in [-0.1, -0.05) is 18.2 Å². The molecule has 84 valence electrons. The molecule has 1 N–H and O–H groups in total. The van der Waals surface area contributed by atoms with Crippen molar-refractivity contribution >= 4 is 16.7 Å². The topological polar surface area (TPSA) is 51.0 Å². The highest BCUT2D eigenvalue weighted by Gasteiger charge is 2.03. The van der Waals surface area contributed by atoms with Gasteiger partial charge in [-0.25, -0.2) is 4.63 Å². The zero-order chi connectivity index (χ0) is 11.7. The molecule has 1 heterocycles. The van der Waals surface area contributed by atoms with Crippen LogP contribution in [0.3, 0.4) is 0 Å². The Hall–Kier alpha value is -2.36. The van der Waals surface area contributed by atoms with Crippen LogP contribution in [-0.4, -0.2) is 17.4 Å². The number of nitrogens with zero attached hydrogens (tertiary/aromatic N) is 2. The molecule has 0 amide bonds. The number of fused-ring (bicyclic) bond motifs is 1. The van der Waals surface area contributed by atoms with E-state index < -0.39 is 0 Å². The van der Waals surface area contributed by atoms with Crippen molar-refractivity contribution < 1.29 is 4.63 Å². The van der Waals surface area contributed by atoms with E-state index in [0.29, 0.717) is 0 Å². The maximum atomic E-state index is 4.68. The minimum atomic E-state index is 0.778. The van der Waals surface area contributed by atoms with Crippen LogP contribution in [0.5, 0.6) is 0 Å². The van der Waals surface area contributed by atoms with Crippen molar-refractivity contribution in [2.45, 2.75) is 0 Å². The molecule has 0 bridgehead atoms. The van der Waals surface area contributed by atoms with Crippen LogP contribution in [0.1, 0.15) is 0 Å². The third-order valence-corrected chi connectivity index (χ3v) is 2.76. The second-order valence-electron chi connectivity index (χ2n) is 3.80. The second kappa shape index (κ2) is 3.90. The van der Waals surface area contributed by atoms with Crippen molar-refractivity contribution in [1.29, 1.82) is 0 Å². The fraction of sp³-hybridized carbons (Fsp3) is 0.0769. The number of anilines is 1. The minimum absolute atomic E-state index is 0.778. The molecule has 3 aromatic rings. The molecule has 0 saturated heterocycles. The summed E-state index contributed by atoms with van der Waals surface area (Å²) in [6.45, 7) is 0. The van der Waals surface area contributed by atoms with Crippen LogP contribution in [-0.2, 0) is 0 Å². The molecule has 0 atom stereocenters. The first-order chi connectivity index (χ1) is 8.36. The van der Waals surface area contributed by atoms with Crippen molar-refractivity contribution in [3.05, 3.63) is 42.5 Å². The molecule has 4 heteroatoms. The van der Waals surface area contributed by atoms with Gasteiger partial charge >= 0.3 is 0 Å². The summed E-state index contributed by atoms with van der Waals surface area (Å²) < 4.78 is 4.68. The largest absolute Gasteiger partial charge is 0.388 e. The molecule has 3 rings (SSSR count). The molecule has 0 radical (unpaired) electrons. The van der Waals surface area contributed by atoms with E-state index in [-0.39, 0.29) is 0 Å². The molecule has 4 nitrogen and oxygen atoms in total. The Morgan fingerprint density at radius 1 is 0.882 bits per heavy atom. The van der Waals surface area contributed by atoms with Gasteiger partial charge in [0.15, 0.2) is 0 Å². The standard InChI is InChI=1S/C13H11N3O/c1-14-11-5-2-9(3-6-11)10-4-7-12-13(8-10)16-17-15-12/h2-8,14H,1H3. The summed E-state index contributed by atoms with van der Waals surface area (Å²) in [5, 5.41) is 10.7. The Balaban J connectivity index is 2.06. The lowest BCUT2D eigenvalue weighted by Gasteiger charge is -2.03. The fourth-order valence-corrected chi connectivity index (χ4v) is 1.79. The average Bonchev–Trinajstić information content (AvgIpc) is 2.86. The molecule has 0 fully saturated rings. The van der Waals surface area contributed by atoms with Crippen LogP contribution in [0.2, 0.25) is 0 Å². The third-order valence-electron chi connectivity index (χ3n) is 2.76. The predicted molar refractivity (Wildman–Crippen MR) is 66.8 cm³/mol. The van der Waals surface area contributed by atoms with E-state index in [0.717, 1.165) is 27.8 Å². The van der Waals surface area contributed by atoms with Gasteiger partial charge in [-0.2, -0.15) is 0 Å². The Kier molecular flexibility index (Phi) is 2.26. The van der Waals surface area contributed by atoms with Crippen molar-refractivity contribution in [2.75, 3.05) is 12.4 Å². The van der Waals surface area contributed by atoms with Crippen LogP contribution >= 0.6 is 0 Å². The summed E-state index contributed by atoms with van der Waals surface area (Å²) in [4.78, 5) is 0. The Morgan fingerprint density at radius 2 is 1.59 bits per heavy atom. The van der Waals surface area contributed by atoms with Crippen LogP contribution in [0.25, 0.3) is 22.2 Å². The summed E-state index contributed by atoms with van der Waals surface area (Å²) in [7, 11) is 1.90. The van der Waals surface area contributed by atoms with Crippen LogP contribution < -0.4 is 5.32 Å². The van der Waals surface area contributed by atoms with E-state index in [2.05, 4.69) is 32.4 Å². The number of rotatable bonds is 2. The van der Waals surface area contributed by atoms with Gasteiger partial charge in [0.05, 0.1) is 0 Å². The highest BCUT2D eigenvalue weighted by Crippen LogP contribution is 2.24. The number of hydrogen-bond donors (Lipinski definition) is 1. The monoisotopic (exact) mass is 225 g/mol. The summed E-state index contributed by atoms with van der Waals surface area (Å²) in [6, 6.07) is 14.1. The van der Waals surface area contributed by atoms with Crippen molar-refractivity contribution in [1.82, 2.24) is 10.3 Å². The van der Waals surface area contributed by atoms with Crippen molar-refractivity contribution in [2.24, 2.45) is 0 Å². The lowest BCUT2D eigenvalue weighted by atomic mass is 10.0. The van der Waals surface area contributed by atoms with Crippen LogP contribution in [0, 0.1) is 0 Å². The number of nitrogens with one attached hydrogen (secondary N) is 1. The molecular formula is C13H11N3O. The van der Waals surface area contributed by atoms with Crippen molar-refractivity contribution in [3.63, 3.8) is 0 Å². The Bertz CT molecular complexity index is 643. The second-order valence-corrected chi connectivity index (χ2v) is 3.80. The van der Waals surface area contributed by atoms with Gasteiger partial charge in [-0.15, -0.1) is 0 Å². The summed E-state index contributed by atoms with van der Waals surface area (Å²) >= 11 is 0.